The first kappa shape index (κ1) is 23.6. The van der Waals surface area contributed by atoms with Crippen LogP contribution in [0, 0.1) is 3.57 Å². The molecule has 2 aromatic rings. The Labute approximate surface area is 199 Å². The van der Waals surface area contributed by atoms with E-state index in [0.29, 0.717) is 41.8 Å². The van der Waals surface area contributed by atoms with Crippen LogP contribution in [-0.2, 0) is 4.79 Å². The van der Waals surface area contributed by atoms with Gasteiger partial charge in [0.05, 0.1) is 29.5 Å². The number of nitrogens with zero attached hydrogens (tertiary/aromatic N) is 1. The van der Waals surface area contributed by atoms with Crippen LogP contribution in [0.15, 0.2) is 35.4 Å². The fraction of sp³-hybridized carbons (Fsp3) is 0.318. The van der Waals surface area contributed by atoms with Crippen molar-refractivity contribution in [3.63, 3.8) is 0 Å². The second-order valence-electron chi connectivity index (χ2n) is 6.66. The highest BCUT2D eigenvalue weighted by atomic mass is 127. The molecule has 170 valence electrons. The minimum atomic E-state index is -0.460. The van der Waals surface area contributed by atoms with Crippen molar-refractivity contribution >= 4 is 40.6 Å². The maximum absolute atomic E-state index is 12.2. The number of ether oxygens (including phenoxy) is 4. The van der Waals surface area contributed by atoms with Crippen LogP contribution in [0.5, 0.6) is 23.0 Å². The van der Waals surface area contributed by atoms with Crippen LogP contribution in [-0.4, -0.2) is 44.6 Å². The van der Waals surface area contributed by atoms with E-state index >= 15 is 0 Å². The van der Waals surface area contributed by atoms with Crippen molar-refractivity contribution < 1.29 is 28.5 Å². The highest BCUT2D eigenvalue weighted by molar-refractivity contribution is 14.1. The number of amides is 2. The van der Waals surface area contributed by atoms with E-state index < -0.39 is 11.8 Å². The molecular weight excluding hydrogens is 529 g/mol. The Morgan fingerprint density at radius 3 is 2.75 bits per heavy atom. The summed E-state index contributed by atoms with van der Waals surface area (Å²) in [5.74, 6) is 1.54. The molecule has 10 heteroatoms. The number of halogens is 1. The standard InChI is InChI=1S/C22H24IN3O6/c1-3-7-30-21-16(23)8-14(9-19(21)29-4-2)11-25-26-20(27)12-24-22(28)15-5-6-17-18(10-15)32-13-31-17/h5-6,8-11H,3-4,7,12-13H2,1-2H3,(H,24,28)(H,26,27)/b25-11+. The van der Waals surface area contributed by atoms with Crippen molar-refractivity contribution in [2.45, 2.75) is 20.3 Å². The summed E-state index contributed by atoms with van der Waals surface area (Å²) in [6.45, 7) is 4.93. The number of rotatable bonds is 10. The monoisotopic (exact) mass is 553 g/mol. The summed E-state index contributed by atoms with van der Waals surface area (Å²) in [6, 6.07) is 8.50. The lowest BCUT2D eigenvalue weighted by atomic mass is 10.2. The quantitative estimate of drug-likeness (QED) is 0.266. The highest BCUT2D eigenvalue weighted by Gasteiger charge is 2.16. The van der Waals surface area contributed by atoms with E-state index in [1.54, 1.807) is 24.3 Å². The molecule has 0 aliphatic carbocycles. The van der Waals surface area contributed by atoms with Crippen molar-refractivity contribution in [1.29, 1.82) is 0 Å². The van der Waals surface area contributed by atoms with Crippen LogP contribution in [0.4, 0.5) is 0 Å². The summed E-state index contributed by atoms with van der Waals surface area (Å²) in [5.41, 5.74) is 3.51. The van der Waals surface area contributed by atoms with Crippen LogP contribution >= 0.6 is 22.6 Å². The number of benzene rings is 2. The molecular formula is C22H24IN3O6. The summed E-state index contributed by atoms with van der Waals surface area (Å²) in [7, 11) is 0. The number of fused-ring (bicyclic) bond motifs is 1. The molecule has 0 spiro atoms. The summed E-state index contributed by atoms with van der Waals surface area (Å²) in [4.78, 5) is 24.3. The van der Waals surface area contributed by atoms with Gasteiger partial charge in [0, 0.05) is 5.56 Å². The van der Waals surface area contributed by atoms with E-state index in [9.17, 15) is 9.59 Å². The van der Waals surface area contributed by atoms with E-state index in [2.05, 4.69) is 38.4 Å². The average molecular weight is 553 g/mol. The van der Waals surface area contributed by atoms with E-state index in [4.69, 9.17) is 18.9 Å². The van der Waals surface area contributed by atoms with Gasteiger partial charge in [-0.15, -0.1) is 0 Å². The summed E-state index contributed by atoms with van der Waals surface area (Å²) in [5, 5.41) is 6.50. The van der Waals surface area contributed by atoms with Gasteiger partial charge in [0.25, 0.3) is 11.8 Å². The van der Waals surface area contributed by atoms with Gasteiger partial charge in [0.15, 0.2) is 23.0 Å². The molecule has 0 aromatic heterocycles. The van der Waals surface area contributed by atoms with Gasteiger partial charge in [-0.1, -0.05) is 6.92 Å². The Kier molecular flexibility index (Phi) is 8.54. The molecule has 2 amide bonds. The molecule has 9 nitrogen and oxygen atoms in total. The smallest absolute Gasteiger partial charge is 0.259 e. The largest absolute Gasteiger partial charge is 0.490 e. The SMILES string of the molecule is CCCOc1c(I)cc(/C=N/NC(=O)CNC(=O)c2ccc3c(c2)OCO3)cc1OCC. The molecule has 0 atom stereocenters. The Hall–Kier alpha value is -3.02. The predicted octanol–water partition coefficient (Wildman–Crippen LogP) is 3.09. The first-order valence-electron chi connectivity index (χ1n) is 10.1. The zero-order valence-corrected chi connectivity index (χ0v) is 19.9. The number of carbonyl (C=O) groups excluding carboxylic acids is 2. The van der Waals surface area contributed by atoms with Crippen molar-refractivity contribution in [2.75, 3.05) is 26.6 Å². The van der Waals surface area contributed by atoms with E-state index in [1.807, 2.05) is 19.9 Å². The van der Waals surface area contributed by atoms with Crippen molar-refractivity contribution in [2.24, 2.45) is 5.10 Å². The molecule has 0 unspecified atom stereocenters. The number of carbonyl (C=O) groups is 2. The molecule has 0 saturated heterocycles. The predicted molar refractivity (Wildman–Crippen MR) is 127 cm³/mol. The Bertz CT molecular complexity index is 1010. The van der Waals surface area contributed by atoms with Gasteiger partial charge in [0.2, 0.25) is 6.79 Å². The Balaban J connectivity index is 1.53. The molecule has 0 bridgehead atoms. The Morgan fingerprint density at radius 2 is 1.97 bits per heavy atom. The molecule has 2 aromatic carbocycles. The molecule has 32 heavy (non-hydrogen) atoms. The maximum atomic E-state index is 12.2. The first-order chi connectivity index (χ1) is 15.5. The third-order valence-corrected chi connectivity index (χ3v) is 5.03. The Morgan fingerprint density at radius 1 is 1.16 bits per heavy atom. The number of hydrogen-bond donors (Lipinski definition) is 2. The van der Waals surface area contributed by atoms with Gasteiger partial charge in [-0.2, -0.15) is 5.10 Å². The molecule has 1 aliphatic heterocycles. The molecule has 0 fully saturated rings. The summed E-state index contributed by atoms with van der Waals surface area (Å²) >= 11 is 2.17. The van der Waals surface area contributed by atoms with Crippen molar-refractivity contribution in [3.8, 4) is 23.0 Å². The molecule has 3 rings (SSSR count). The zero-order chi connectivity index (χ0) is 22.9. The summed E-state index contributed by atoms with van der Waals surface area (Å²) < 4.78 is 22.8. The lowest BCUT2D eigenvalue weighted by Gasteiger charge is -2.14. The zero-order valence-electron chi connectivity index (χ0n) is 17.8. The van der Waals surface area contributed by atoms with Gasteiger partial charge in [0.1, 0.15) is 0 Å². The average Bonchev–Trinajstić information content (AvgIpc) is 3.25. The normalized spacial score (nSPS) is 12.0. The van der Waals surface area contributed by atoms with E-state index in [0.717, 1.165) is 15.6 Å². The maximum Gasteiger partial charge on any atom is 0.259 e. The summed E-state index contributed by atoms with van der Waals surface area (Å²) in [6.07, 6.45) is 2.40. The van der Waals surface area contributed by atoms with E-state index in [1.165, 1.54) is 6.21 Å². The molecule has 2 N–H and O–H groups in total. The third-order valence-electron chi connectivity index (χ3n) is 4.23. The second kappa shape index (κ2) is 11.6. The van der Waals surface area contributed by atoms with Gasteiger partial charge in [-0.25, -0.2) is 5.43 Å². The van der Waals surface area contributed by atoms with Crippen LogP contribution in [0.1, 0.15) is 36.2 Å². The van der Waals surface area contributed by atoms with E-state index in [-0.39, 0.29) is 13.3 Å². The molecule has 0 radical (unpaired) electrons. The van der Waals surface area contributed by atoms with Gasteiger partial charge in [-0.3, -0.25) is 9.59 Å². The second-order valence-corrected chi connectivity index (χ2v) is 7.82. The fourth-order valence-electron chi connectivity index (χ4n) is 2.79. The van der Waals surface area contributed by atoms with Crippen LogP contribution in [0.3, 0.4) is 0 Å². The van der Waals surface area contributed by atoms with Crippen molar-refractivity contribution in [1.82, 2.24) is 10.7 Å². The van der Waals surface area contributed by atoms with Crippen LogP contribution in [0.25, 0.3) is 0 Å². The lowest BCUT2D eigenvalue weighted by Crippen LogP contribution is -2.34. The topological polar surface area (TPSA) is 107 Å². The minimum Gasteiger partial charge on any atom is -0.490 e. The minimum absolute atomic E-state index is 0.125. The molecule has 1 heterocycles. The van der Waals surface area contributed by atoms with Gasteiger partial charge in [-0.05, 0) is 71.8 Å². The van der Waals surface area contributed by atoms with Crippen LogP contribution < -0.4 is 29.7 Å². The number of hydrogen-bond acceptors (Lipinski definition) is 7. The fourth-order valence-corrected chi connectivity index (χ4v) is 3.57. The lowest BCUT2D eigenvalue weighted by molar-refractivity contribution is -0.120. The molecule has 0 saturated carbocycles. The highest BCUT2D eigenvalue weighted by Crippen LogP contribution is 2.34. The van der Waals surface area contributed by atoms with Crippen LogP contribution in [0.2, 0.25) is 0 Å². The third kappa shape index (κ3) is 6.25. The molecule has 1 aliphatic rings. The van der Waals surface area contributed by atoms with Crippen molar-refractivity contribution in [3.05, 3.63) is 45.0 Å². The number of nitrogens with one attached hydrogen (secondary N) is 2. The first-order valence-corrected chi connectivity index (χ1v) is 11.2. The van der Waals surface area contributed by atoms with Gasteiger partial charge < -0.3 is 24.3 Å². The number of hydrazone groups is 1. The van der Waals surface area contributed by atoms with Gasteiger partial charge >= 0.3 is 0 Å².